The Labute approximate surface area is 88.9 Å². The van der Waals surface area contributed by atoms with Crippen LogP contribution in [0.5, 0.6) is 0 Å². The molecule has 0 bridgehead atoms. The number of aliphatic hydroxyl groups excluding tert-OH is 1. The minimum Gasteiger partial charge on any atom is -0.381 e. The first-order valence-corrected chi connectivity index (χ1v) is 4.72. The lowest BCUT2D eigenvalue weighted by atomic mass is 10.2. The second-order valence-corrected chi connectivity index (χ2v) is 3.17. The van der Waals surface area contributed by atoms with E-state index in [2.05, 4.69) is 10.1 Å². The first-order valence-electron chi connectivity index (χ1n) is 4.72. The number of ether oxygens (including phenoxy) is 1. The topological polar surface area (TPSA) is 58.6 Å². The van der Waals surface area contributed by atoms with Gasteiger partial charge in [-0.25, -0.2) is 0 Å². The van der Waals surface area contributed by atoms with Crippen molar-refractivity contribution in [3.8, 4) is 0 Å². The monoisotopic (exact) mass is 209 g/mol. The molecule has 0 radical (unpaired) electrons. The summed E-state index contributed by atoms with van der Waals surface area (Å²) in [6.45, 7) is 0.432. The number of aliphatic hydroxyl groups is 1. The van der Waals surface area contributed by atoms with Gasteiger partial charge in [0.1, 0.15) is 0 Å². The molecule has 0 unspecified atom stereocenters. The number of benzene rings is 1. The van der Waals surface area contributed by atoms with Gasteiger partial charge in [0.2, 0.25) is 0 Å². The maximum atomic E-state index is 11.3. The Morgan fingerprint density at radius 3 is 2.73 bits per heavy atom. The second-order valence-electron chi connectivity index (χ2n) is 3.17. The molecule has 0 heterocycles. The van der Waals surface area contributed by atoms with Crippen molar-refractivity contribution in [3.63, 3.8) is 0 Å². The summed E-state index contributed by atoms with van der Waals surface area (Å²) in [7, 11) is 1.44. The molecule has 4 nitrogen and oxygen atoms in total. The lowest BCUT2D eigenvalue weighted by molar-refractivity contribution is -0.131. The number of carbonyl (C=O) groups is 1. The van der Waals surface area contributed by atoms with E-state index in [1.54, 1.807) is 0 Å². The zero-order chi connectivity index (χ0) is 11.1. The summed E-state index contributed by atoms with van der Waals surface area (Å²) in [4.78, 5) is 11.3. The van der Waals surface area contributed by atoms with Gasteiger partial charge in [-0.2, -0.15) is 0 Å². The highest BCUT2D eigenvalue weighted by Gasteiger charge is 2.13. The number of methoxy groups -OCH3 is 1. The summed E-state index contributed by atoms with van der Waals surface area (Å²) < 4.78 is 4.67. The maximum Gasteiger partial charge on any atom is 0.251 e. The van der Waals surface area contributed by atoms with Gasteiger partial charge in [0, 0.05) is 13.7 Å². The van der Waals surface area contributed by atoms with Crippen LogP contribution in [0.3, 0.4) is 0 Å². The van der Waals surface area contributed by atoms with E-state index < -0.39 is 12.0 Å². The van der Waals surface area contributed by atoms with Gasteiger partial charge >= 0.3 is 0 Å². The highest BCUT2D eigenvalue weighted by Crippen LogP contribution is 1.97. The molecule has 0 aliphatic carbocycles. The molecule has 15 heavy (non-hydrogen) atoms. The predicted octanol–water partition coefficient (Wildman–Crippen LogP) is 0.310. The summed E-state index contributed by atoms with van der Waals surface area (Å²) in [6, 6.07) is 9.51. The number of amides is 1. The summed E-state index contributed by atoms with van der Waals surface area (Å²) in [6.07, 6.45) is -1.10. The van der Waals surface area contributed by atoms with Crippen molar-refractivity contribution in [2.75, 3.05) is 13.7 Å². The van der Waals surface area contributed by atoms with Crippen LogP contribution in [0, 0.1) is 0 Å². The zero-order valence-electron chi connectivity index (χ0n) is 8.64. The molecule has 82 valence electrons. The van der Waals surface area contributed by atoms with Crippen molar-refractivity contribution in [1.29, 1.82) is 0 Å². The molecule has 1 rings (SSSR count). The van der Waals surface area contributed by atoms with Crippen LogP contribution in [-0.4, -0.2) is 30.8 Å². The van der Waals surface area contributed by atoms with Crippen LogP contribution in [0.2, 0.25) is 0 Å². The smallest absolute Gasteiger partial charge is 0.251 e. The van der Waals surface area contributed by atoms with Gasteiger partial charge in [-0.1, -0.05) is 30.3 Å². The molecule has 1 atom stereocenters. The van der Waals surface area contributed by atoms with E-state index in [0.29, 0.717) is 6.54 Å². The first-order chi connectivity index (χ1) is 7.24. The Hall–Kier alpha value is -1.39. The molecule has 0 fully saturated rings. The molecule has 0 saturated heterocycles. The minimum absolute atomic E-state index is 0.0145. The SMILES string of the molecule is COC[C@@H](O)C(=O)NCc1ccccc1. The molecule has 0 saturated carbocycles. The molecule has 0 aliphatic heterocycles. The Bertz CT molecular complexity index is 300. The van der Waals surface area contributed by atoms with Crippen molar-refractivity contribution in [2.45, 2.75) is 12.6 Å². The number of rotatable bonds is 5. The van der Waals surface area contributed by atoms with Crippen LogP contribution < -0.4 is 5.32 Å². The van der Waals surface area contributed by atoms with Gasteiger partial charge in [-0.15, -0.1) is 0 Å². The first kappa shape index (κ1) is 11.7. The van der Waals surface area contributed by atoms with E-state index in [4.69, 9.17) is 0 Å². The van der Waals surface area contributed by atoms with Crippen LogP contribution in [-0.2, 0) is 16.1 Å². The lowest BCUT2D eigenvalue weighted by Crippen LogP contribution is -2.36. The number of hydrogen-bond acceptors (Lipinski definition) is 3. The van der Waals surface area contributed by atoms with Gasteiger partial charge in [0.15, 0.2) is 6.10 Å². The third-order valence-corrected chi connectivity index (χ3v) is 1.94. The van der Waals surface area contributed by atoms with Crippen LogP contribution >= 0.6 is 0 Å². The van der Waals surface area contributed by atoms with Crippen LogP contribution in [0.15, 0.2) is 30.3 Å². The van der Waals surface area contributed by atoms with Crippen molar-refractivity contribution in [3.05, 3.63) is 35.9 Å². The van der Waals surface area contributed by atoms with Crippen molar-refractivity contribution in [1.82, 2.24) is 5.32 Å². The van der Waals surface area contributed by atoms with Crippen molar-refractivity contribution < 1.29 is 14.6 Å². The van der Waals surface area contributed by atoms with E-state index in [1.165, 1.54) is 7.11 Å². The average Bonchev–Trinajstić information content (AvgIpc) is 2.27. The third kappa shape index (κ3) is 4.10. The fourth-order valence-corrected chi connectivity index (χ4v) is 1.14. The maximum absolute atomic E-state index is 11.3. The third-order valence-electron chi connectivity index (χ3n) is 1.94. The van der Waals surface area contributed by atoms with Gasteiger partial charge in [0.05, 0.1) is 6.61 Å². The molecular weight excluding hydrogens is 194 g/mol. The average molecular weight is 209 g/mol. The number of nitrogens with one attached hydrogen (secondary N) is 1. The van der Waals surface area contributed by atoms with Gasteiger partial charge in [-0.3, -0.25) is 4.79 Å². The Kier molecular flexibility index (Phi) is 4.80. The minimum atomic E-state index is -1.10. The van der Waals surface area contributed by atoms with Crippen molar-refractivity contribution >= 4 is 5.91 Å². The Morgan fingerprint density at radius 1 is 1.47 bits per heavy atom. The van der Waals surface area contributed by atoms with Gasteiger partial charge in [-0.05, 0) is 5.56 Å². The normalized spacial score (nSPS) is 12.1. The molecular formula is C11H15NO3. The van der Waals surface area contributed by atoms with E-state index >= 15 is 0 Å². The molecule has 0 aromatic heterocycles. The summed E-state index contributed by atoms with van der Waals surface area (Å²) >= 11 is 0. The van der Waals surface area contributed by atoms with E-state index in [1.807, 2.05) is 30.3 Å². The highest BCUT2D eigenvalue weighted by atomic mass is 16.5. The largest absolute Gasteiger partial charge is 0.381 e. The predicted molar refractivity (Wildman–Crippen MR) is 56.2 cm³/mol. The fourth-order valence-electron chi connectivity index (χ4n) is 1.14. The molecule has 1 aromatic rings. The van der Waals surface area contributed by atoms with E-state index in [9.17, 15) is 9.90 Å². The van der Waals surface area contributed by atoms with Gasteiger partial charge in [0.25, 0.3) is 5.91 Å². The van der Waals surface area contributed by atoms with E-state index in [-0.39, 0.29) is 6.61 Å². The van der Waals surface area contributed by atoms with Crippen LogP contribution in [0.4, 0.5) is 0 Å². The van der Waals surface area contributed by atoms with Crippen molar-refractivity contribution in [2.24, 2.45) is 0 Å². The molecule has 1 amide bonds. The molecule has 0 aliphatic rings. The Morgan fingerprint density at radius 2 is 2.13 bits per heavy atom. The second kappa shape index (κ2) is 6.16. The quantitative estimate of drug-likeness (QED) is 0.733. The van der Waals surface area contributed by atoms with Crippen LogP contribution in [0.25, 0.3) is 0 Å². The van der Waals surface area contributed by atoms with Gasteiger partial charge < -0.3 is 15.2 Å². The van der Waals surface area contributed by atoms with E-state index in [0.717, 1.165) is 5.56 Å². The summed E-state index contributed by atoms with van der Waals surface area (Å²) in [5.41, 5.74) is 0.996. The number of hydrogen-bond donors (Lipinski definition) is 2. The summed E-state index contributed by atoms with van der Waals surface area (Å²) in [5.74, 6) is -0.416. The molecule has 4 heteroatoms. The Balaban J connectivity index is 2.34. The zero-order valence-corrected chi connectivity index (χ0v) is 8.64. The molecule has 1 aromatic carbocycles. The van der Waals surface area contributed by atoms with Crippen LogP contribution in [0.1, 0.15) is 5.56 Å². The number of carbonyl (C=O) groups excluding carboxylic acids is 1. The summed E-state index contributed by atoms with van der Waals surface area (Å²) in [5, 5.41) is 11.9. The fraction of sp³-hybridized carbons (Fsp3) is 0.364. The molecule has 2 N–H and O–H groups in total. The lowest BCUT2D eigenvalue weighted by Gasteiger charge is -2.10. The highest BCUT2D eigenvalue weighted by molar-refractivity contribution is 5.80. The standard InChI is InChI=1S/C11H15NO3/c1-15-8-10(13)11(14)12-7-9-5-3-2-4-6-9/h2-6,10,13H,7-8H2,1H3,(H,12,14)/t10-/m1/s1. The molecule has 0 spiro atoms.